The zero-order valence-electron chi connectivity index (χ0n) is 14.1. The first-order valence-corrected chi connectivity index (χ1v) is 7.33. The second-order valence-electron chi connectivity index (χ2n) is 6.19. The molecule has 4 nitrogen and oxygen atoms in total. The van der Waals surface area contributed by atoms with Crippen LogP contribution < -0.4 is 5.32 Å². The number of hydrogen-bond acceptors (Lipinski definition) is 4. The lowest BCUT2D eigenvalue weighted by atomic mass is 9.98. The van der Waals surface area contributed by atoms with Crippen molar-refractivity contribution in [2.24, 2.45) is 0 Å². The number of benzene rings is 1. The van der Waals surface area contributed by atoms with Crippen molar-refractivity contribution in [2.75, 3.05) is 6.73 Å². The van der Waals surface area contributed by atoms with Gasteiger partial charge in [0, 0.05) is 6.04 Å². The van der Waals surface area contributed by atoms with Gasteiger partial charge >= 0.3 is 0 Å². The Kier molecular flexibility index (Phi) is 9.58. The molecule has 1 aromatic carbocycles. The number of hydrogen-bond donors (Lipinski definition) is 2. The second-order valence-corrected chi connectivity index (χ2v) is 6.19. The molecule has 0 spiro atoms. The lowest BCUT2D eigenvalue weighted by Gasteiger charge is -2.27. The van der Waals surface area contributed by atoms with Crippen molar-refractivity contribution in [2.45, 2.75) is 51.9 Å². The van der Waals surface area contributed by atoms with Crippen molar-refractivity contribution in [1.82, 2.24) is 5.32 Å². The minimum atomic E-state index is -0.584. The van der Waals surface area contributed by atoms with E-state index in [4.69, 9.17) is 9.53 Å². The van der Waals surface area contributed by atoms with E-state index in [1.807, 2.05) is 52.7 Å². The summed E-state index contributed by atoms with van der Waals surface area (Å²) in [6, 6.07) is 10.0. The van der Waals surface area contributed by atoms with Crippen LogP contribution in [0.4, 0.5) is 0 Å². The summed E-state index contributed by atoms with van der Waals surface area (Å²) in [5.41, 5.74) is 1.74. The van der Waals surface area contributed by atoms with Gasteiger partial charge in [-0.15, -0.1) is 0 Å². The van der Waals surface area contributed by atoms with Crippen LogP contribution in [0.5, 0.6) is 0 Å². The fourth-order valence-corrected chi connectivity index (χ4v) is 1.87. The van der Waals surface area contributed by atoms with E-state index < -0.39 is 6.10 Å². The lowest BCUT2D eigenvalue weighted by molar-refractivity contribution is -0.0980. The van der Waals surface area contributed by atoms with E-state index in [0.29, 0.717) is 6.73 Å². The summed E-state index contributed by atoms with van der Waals surface area (Å²) in [5, 5.41) is 13.5. The molecule has 0 fully saturated rings. The summed E-state index contributed by atoms with van der Waals surface area (Å²) in [5.74, 6) is 0. The molecule has 0 aliphatic rings. The number of carbonyl (C=O) groups is 1. The quantitative estimate of drug-likeness (QED) is 0.601. The summed E-state index contributed by atoms with van der Waals surface area (Å²) in [4.78, 5) is 8.00. The van der Waals surface area contributed by atoms with E-state index in [1.54, 1.807) is 0 Å². The Hall–Kier alpha value is -1.49. The van der Waals surface area contributed by atoms with Crippen LogP contribution in [0.1, 0.15) is 33.3 Å². The molecule has 0 radical (unpaired) electrons. The summed E-state index contributed by atoms with van der Waals surface area (Å²) in [7, 11) is 0. The highest BCUT2D eigenvalue weighted by molar-refractivity contribution is 5.17. The van der Waals surface area contributed by atoms with E-state index in [9.17, 15) is 5.11 Å². The van der Waals surface area contributed by atoms with Gasteiger partial charge < -0.3 is 14.6 Å². The van der Waals surface area contributed by atoms with Gasteiger partial charge in [-0.2, -0.15) is 0 Å². The third-order valence-electron chi connectivity index (χ3n) is 3.04. The normalized spacial score (nSPS) is 13.7. The van der Waals surface area contributed by atoms with E-state index in [2.05, 4.69) is 24.0 Å². The number of ether oxygens (including phenoxy) is 1. The van der Waals surface area contributed by atoms with Gasteiger partial charge in [0.05, 0.1) is 18.4 Å². The molecule has 2 atom stereocenters. The first kappa shape index (κ1) is 20.5. The fraction of sp³-hybridized carbons (Fsp3) is 0.500. The molecule has 1 aromatic rings. The summed E-state index contributed by atoms with van der Waals surface area (Å²) >= 11 is 0. The molecule has 0 bridgehead atoms. The Morgan fingerprint density at radius 3 is 2.27 bits per heavy atom. The maximum Gasteiger partial charge on any atom is 0.106 e. The predicted molar refractivity (Wildman–Crippen MR) is 90.7 cm³/mol. The van der Waals surface area contributed by atoms with Crippen LogP contribution >= 0.6 is 0 Å². The molecule has 0 aliphatic heterocycles. The zero-order valence-corrected chi connectivity index (χ0v) is 14.1. The summed E-state index contributed by atoms with van der Waals surface area (Å²) in [6.45, 7) is 14.1. The first-order chi connectivity index (χ1) is 10.3. The Balaban J connectivity index is 0.00000211. The van der Waals surface area contributed by atoms with E-state index in [1.165, 1.54) is 5.56 Å². The molecular formula is C18H29NO3. The lowest BCUT2D eigenvalue weighted by Crippen LogP contribution is -2.44. The van der Waals surface area contributed by atoms with Crippen molar-refractivity contribution in [3.63, 3.8) is 0 Å². The van der Waals surface area contributed by atoms with Gasteiger partial charge in [-0.3, -0.25) is 5.32 Å². The maximum absolute atomic E-state index is 10.3. The molecule has 2 N–H and O–H groups in total. The molecule has 0 heterocycles. The first-order valence-electron chi connectivity index (χ1n) is 7.33. The highest BCUT2D eigenvalue weighted by Gasteiger charge is 2.20. The van der Waals surface area contributed by atoms with Crippen molar-refractivity contribution in [3.8, 4) is 0 Å². The van der Waals surface area contributed by atoms with Gasteiger partial charge in [0.15, 0.2) is 0 Å². The number of nitrogens with one attached hydrogen (secondary N) is 1. The number of aliphatic hydroxyl groups is 1. The molecule has 124 valence electrons. The third-order valence-corrected chi connectivity index (χ3v) is 3.04. The van der Waals surface area contributed by atoms with Crippen LogP contribution in [0.25, 0.3) is 0 Å². The Morgan fingerprint density at radius 2 is 1.82 bits per heavy atom. The standard InChI is InChI=1S/C17H27NO2.CH2O/c1-13(2)16(19)15(18-12-20-17(3,4)5)11-14-9-7-6-8-10-14;1-2/h6-10,15-16,18-19H,1,11-12H2,2-5H3;1H2. The van der Waals surface area contributed by atoms with Gasteiger partial charge in [-0.1, -0.05) is 42.5 Å². The Morgan fingerprint density at radius 1 is 1.27 bits per heavy atom. The number of aliphatic hydroxyl groups excluding tert-OH is 1. The van der Waals surface area contributed by atoms with Crippen molar-refractivity contribution in [3.05, 3.63) is 48.0 Å². The van der Waals surface area contributed by atoms with Crippen LogP contribution in [-0.4, -0.2) is 36.4 Å². The Bertz CT molecular complexity index is 426. The van der Waals surface area contributed by atoms with E-state index >= 15 is 0 Å². The number of rotatable bonds is 7. The highest BCUT2D eigenvalue weighted by atomic mass is 16.5. The Labute approximate surface area is 134 Å². The van der Waals surface area contributed by atoms with Crippen LogP contribution in [0.15, 0.2) is 42.5 Å². The predicted octanol–water partition coefficient (Wildman–Crippen LogP) is 2.71. The molecular weight excluding hydrogens is 278 g/mol. The largest absolute Gasteiger partial charge is 0.387 e. The summed E-state index contributed by atoms with van der Waals surface area (Å²) < 4.78 is 5.68. The zero-order chi connectivity index (χ0) is 17.2. The molecule has 4 heteroatoms. The third kappa shape index (κ3) is 8.72. The smallest absolute Gasteiger partial charge is 0.106 e. The van der Waals surface area contributed by atoms with Crippen LogP contribution in [0.2, 0.25) is 0 Å². The minimum Gasteiger partial charge on any atom is -0.387 e. The molecule has 1 rings (SSSR count). The van der Waals surface area contributed by atoms with Crippen LogP contribution in [0.3, 0.4) is 0 Å². The second kappa shape index (κ2) is 10.3. The van der Waals surface area contributed by atoms with E-state index in [-0.39, 0.29) is 11.6 Å². The minimum absolute atomic E-state index is 0.0998. The van der Waals surface area contributed by atoms with Crippen molar-refractivity contribution >= 4 is 6.79 Å². The van der Waals surface area contributed by atoms with Crippen LogP contribution in [0, 0.1) is 0 Å². The molecule has 0 saturated heterocycles. The van der Waals surface area contributed by atoms with Gasteiger partial charge in [-0.05, 0) is 39.7 Å². The molecule has 0 aromatic heterocycles. The monoisotopic (exact) mass is 307 g/mol. The van der Waals surface area contributed by atoms with Gasteiger partial charge in [0.25, 0.3) is 0 Å². The molecule has 2 unspecified atom stereocenters. The average molecular weight is 307 g/mol. The van der Waals surface area contributed by atoms with Crippen LogP contribution in [-0.2, 0) is 16.0 Å². The molecule has 0 aliphatic carbocycles. The molecule has 0 saturated carbocycles. The average Bonchev–Trinajstić information content (AvgIpc) is 2.47. The summed E-state index contributed by atoms with van der Waals surface area (Å²) in [6.07, 6.45) is 0.154. The molecule has 22 heavy (non-hydrogen) atoms. The number of carbonyl (C=O) groups excluding carboxylic acids is 1. The van der Waals surface area contributed by atoms with Gasteiger partial charge in [0.1, 0.15) is 6.79 Å². The topological polar surface area (TPSA) is 58.6 Å². The van der Waals surface area contributed by atoms with Gasteiger partial charge in [0.2, 0.25) is 0 Å². The fourth-order valence-electron chi connectivity index (χ4n) is 1.87. The maximum atomic E-state index is 10.3. The van der Waals surface area contributed by atoms with Crippen molar-refractivity contribution in [1.29, 1.82) is 0 Å². The van der Waals surface area contributed by atoms with E-state index in [0.717, 1.165) is 12.0 Å². The molecule has 0 amide bonds. The van der Waals surface area contributed by atoms with Gasteiger partial charge in [-0.25, -0.2) is 0 Å². The SMILES string of the molecule is C=C(C)C(O)C(Cc1ccccc1)NCOC(C)(C)C.C=O. The van der Waals surface area contributed by atoms with Crippen molar-refractivity contribution < 1.29 is 14.6 Å². The highest BCUT2D eigenvalue weighted by Crippen LogP contribution is 2.12.